The van der Waals surface area contributed by atoms with E-state index in [2.05, 4.69) is 53.7 Å². The molecule has 1 nitrogen and oxygen atoms in total. The number of hydrogen-bond donors (Lipinski definition) is 1. The molecule has 3 unspecified atom stereocenters. The van der Waals surface area contributed by atoms with E-state index in [0.29, 0.717) is 22.7 Å². The predicted molar refractivity (Wildman–Crippen MR) is 124 cm³/mol. The molecular weight excluding hydrogens is 352 g/mol. The normalized spacial score (nSPS) is 42.5. The second-order valence-electron chi connectivity index (χ2n) is 11.7. The summed E-state index contributed by atoms with van der Waals surface area (Å²) in [6, 6.07) is 0. The van der Waals surface area contributed by atoms with Crippen LogP contribution in [0.2, 0.25) is 0 Å². The molecule has 0 bridgehead atoms. The summed E-state index contributed by atoms with van der Waals surface area (Å²) in [5.74, 6) is 2.74. The highest BCUT2D eigenvalue weighted by molar-refractivity contribution is 5.49. The Morgan fingerprint density at radius 2 is 1.93 bits per heavy atom. The van der Waals surface area contributed by atoms with E-state index >= 15 is 0 Å². The van der Waals surface area contributed by atoms with Crippen molar-refractivity contribution in [3.8, 4) is 0 Å². The Labute approximate surface area is 179 Å². The van der Waals surface area contributed by atoms with Gasteiger partial charge in [0, 0.05) is 0 Å². The average molecular weight is 397 g/mol. The van der Waals surface area contributed by atoms with E-state index in [9.17, 15) is 5.11 Å². The van der Waals surface area contributed by atoms with E-state index in [4.69, 9.17) is 0 Å². The van der Waals surface area contributed by atoms with Crippen LogP contribution >= 0.6 is 0 Å². The lowest BCUT2D eigenvalue weighted by molar-refractivity contribution is -0.0287. The minimum absolute atomic E-state index is 0.0826. The molecule has 1 N–H and O–H groups in total. The van der Waals surface area contributed by atoms with Crippen molar-refractivity contribution in [1.82, 2.24) is 0 Å². The zero-order chi connectivity index (χ0) is 21.0. The fourth-order valence-electron chi connectivity index (χ4n) is 8.04. The highest BCUT2D eigenvalue weighted by Gasteiger charge is 2.54. The van der Waals surface area contributed by atoms with Gasteiger partial charge in [-0.25, -0.2) is 0 Å². The molecule has 4 rings (SSSR count). The molecule has 1 heteroatoms. The first-order valence-electron chi connectivity index (χ1n) is 12.4. The highest BCUT2D eigenvalue weighted by atomic mass is 16.3. The summed E-state index contributed by atoms with van der Waals surface area (Å²) in [6.07, 6.45) is 16.2. The number of aliphatic hydroxyl groups is 1. The molecule has 0 radical (unpaired) electrons. The van der Waals surface area contributed by atoms with Crippen LogP contribution in [0.15, 0.2) is 34.4 Å². The van der Waals surface area contributed by atoms with Crippen LogP contribution in [0, 0.1) is 34.5 Å². The molecule has 4 aliphatic carbocycles. The third-order valence-corrected chi connectivity index (χ3v) is 9.87. The van der Waals surface area contributed by atoms with Gasteiger partial charge in [-0.05, 0) is 117 Å². The molecule has 0 aromatic rings. The maximum Gasteiger partial charge on any atom is 0.0569 e. The lowest BCUT2D eigenvalue weighted by Crippen LogP contribution is -2.48. The minimum Gasteiger partial charge on any atom is -0.393 e. The molecule has 1 saturated carbocycles. The Balaban J connectivity index is 1.58. The Bertz CT molecular complexity index is 735. The van der Waals surface area contributed by atoms with Crippen molar-refractivity contribution < 1.29 is 5.11 Å². The van der Waals surface area contributed by atoms with Gasteiger partial charge in [-0.15, -0.1) is 0 Å². The maximum atomic E-state index is 10.5. The fourth-order valence-corrected chi connectivity index (χ4v) is 8.04. The van der Waals surface area contributed by atoms with E-state index in [1.807, 2.05) is 0 Å². The number of allylic oxidation sites excluding steroid dienone is 6. The molecule has 162 valence electrons. The van der Waals surface area contributed by atoms with E-state index in [1.165, 1.54) is 56.9 Å². The van der Waals surface area contributed by atoms with Gasteiger partial charge in [0.15, 0.2) is 0 Å². The molecule has 4 aliphatic rings. The van der Waals surface area contributed by atoms with Crippen LogP contribution in [0.5, 0.6) is 0 Å². The van der Waals surface area contributed by atoms with Gasteiger partial charge in [-0.2, -0.15) is 0 Å². The summed E-state index contributed by atoms with van der Waals surface area (Å²) >= 11 is 0. The lowest BCUT2D eigenvalue weighted by atomic mass is 9.49. The van der Waals surface area contributed by atoms with Crippen LogP contribution in [-0.4, -0.2) is 11.2 Å². The van der Waals surface area contributed by atoms with Gasteiger partial charge in [0.1, 0.15) is 0 Å². The number of aliphatic hydroxyl groups excluding tert-OH is 1. The van der Waals surface area contributed by atoms with Gasteiger partial charge >= 0.3 is 0 Å². The quantitative estimate of drug-likeness (QED) is 0.484. The van der Waals surface area contributed by atoms with Gasteiger partial charge < -0.3 is 5.11 Å². The van der Waals surface area contributed by atoms with Crippen molar-refractivity contribution in [3.63, 3.8) is 0 Å². The highest BCUT2D eigenvalue weighted by Crippen LogP contribution is 2.64. The Kier molecular flexibility index (Phi) is 5.69. The summed E-state index contributed by atoms with van der Waals surface area (Å²) in [4.78, 5) is 0. The van der Waals surface area contributed by atoms with E-state index < -0.39 is 0 Å². The Hall–Kier alpha value is -0.820. The molecule has 0 heterocycles. The van der Waals surface area contributed by atoms with Gasteiger partial charge in [0.25, 0.3) is 0 Å². The predicted octanol–water partition coefficient (Wildman–Crippen LogP) is 7.62. The van der Waals surface area contributed by atoms with Gasteiger partial charge in [0.05, 0.1) is 6.10 Å². The summed E-state index contributed by atoms with van der Waals surface area (Å²) in [5.41, 5.74) is 7.50. The molecule has 7 atom stereocenters. The first kappa shape index (κ1) is 21.4. The molecule has 0 spiro atoms. The first-order chi connectivity index (χ1) is 13.7. The van der Waals surface area contributed by atoms with Crippen LogP contribution < -0.4 is 0 Å². The molecule has 0 aromatic carbocycles. The second-order valence-corrected chi connectivity index (χ2v) is 11.7. The zero-order valence-electron chi connectivity index (χ0n) is 19.9. The lowest BCUT2D eigenvalue weighted by Gasteiger charge is -2.55. The van der Waals surface area contributed by atoms with E-state index in [1.54, 1.807) is 16.7 Å². The standard InChI is InChI=1S/C28H44O/c1-18(2)8-7-9-19(3)22-12-13-24-21-10-11-23-20(4)26(29)15-17-28(23,6)25(21)14-16-27(22,24)5/h8,13,19-20,22-23,26,29H,7,9-12,14-17H2,1-6H3/t19-,20?,22-,23?,26?,27-,28+/m1/s1. The summed E-state index contributed by atoms with van der Waals surface area (Å²) in [5, 5.41) is 10.5. The molecule has 29 heavy (non-hydrogen) atoms. The van der Waals surface area contributed by atoms with Crippen molar-refractivity contribution >= 4 is 0 Å². The Morgan fingerprint density at radius 1 is 1.17 bits per heavy atom. The van der Waals surface area contributed by atoms with Crippen LogP contribution in [0.4, 0.5) is 0 Å². The van der Waals surface area contributed by atoms with Crippen molar-refractivity contribution in [2.24, 2.45) is 34.5 Å². The van der Waals surface area contributed by atoms with Gasteiger partial charge in [-0.1, -0.05) is 51.0 Å². The van der Waals surface area contributed by atoms with Crippen molar-refractivity contribution in [3.05, 3.63) is 34.4 Å². The molecule has 1 fully saturated rings. The van der Waals surface area contributed by atoms with Crippen LogP contribution in [0.1, 0.15) is 99.3 Å². The monoisotopic (exact) mass is 396 g/mol. The number of rotatable bonds is 4. The molecular formula is C28H44O. The molecule has 0 aromatic heterocycles. The van der Waals surface area contributed by atoms with Gasteiger partial charge in [0.2, 0.25) is 0 Å². The van der Waals surface area contributed by atoms with Crippen LogP contribution in [-0.2, 0) is 0 Å². The average Bonchev–Trinajstić information content (AvgIpc) is 3.02. The molecule has 0 aliphatic heterocycles. The van der Waals surface area contributed by atoms with E-state index in [-0.39, 0.29) is 6.10 Å². The van der Waals surface area contributed by atoms with Gasteiger partial charge in [-0.3, -0.25) is 0 Å². The first-order valence-corrected chi connectivity index (χ1v) is 12.4. The smallest absolute Gasteiger partial charge is 0.0569 e. The molecule has 0 amide bonds. The largest absolute Gasteiger partial charge is 0.393 e. The SMILES string of the molecule is CC(C)=CCC[C@@H](C)[C@H]1CC=C2C3=C(CC[C@@]21C)[C@@]1(C)CCC(O)C(C)C1CC3. The summed E-state index contributed by atoms with van der Waals surface area (Å²) in [6.45, 7) is 14.4. The van der Waals surface area contributed by atoms with Crippen LogP contribution in [0.25, 0.3) is 0 Å². The fraction of sp³-hybridized carbons (Fsp3) is 0.786. The second kappa shape index (κ2) is 7.70. The number of hydrogen-bond acceptors (Lipinski definition) is 1. The molecule has 0 saturated heterocycles. The third-order valence-electron chi connectivity index (χ3n) is 9.87. The minimum atomic E-state index is -0.0826. The number of fused-ring (bicyclic) bond motifs is 4. The third kappa shape index (κ3) is 3.40. The van der Waals surface area contributed by atoms with Crippen molar-refractivity contribution in [2.75, 3.05) is 0 Å². The van der Waals surface area contributed by atoms with Crippen LogP contribution in [0.3, 0.4) is 0 Å². The topological polar surface area (TPSA) is 20.2 Å². The summed E-state index contributed by atoms with van der Waals surface area (Å²) in [7, 11) is 0. The summed E-state index contributed by atoms with van der Waals surface area (Å²) < 4.78 is 0. The zero-order valence-corrected chi connectivity index (χ0v) is 19.9. The van der Waals surface area contributed by atoms with Crippen molar-refractivity contribution in [1.29, 1.82) is 0 Å². The maximum absolute atomic E-state index is 10.5. The van der Waals surface area contributed by atoms with E-state index in [0.717, 1.165) is 18.3 Å². The Morgan fingerprint density at radius 3 is 2.66 bits per heavy atom. The van der Waals surface area contributed by atoms with Crippen molar-refractivity contribution in [2.45, 2.75) is 105 Å².